The second kappa shape index (κ2) is 9.30. The summed E-state index contributed by atoms with van der Waals surface area (Å²) in [6.07, 6.45) is 0.504. The van der Waals surface area contributed by atoms with Gasteiger partial charge in [0.1, 0.15) is 24.7 Å². The van der Waals surface area contributed by atoms with Gasteiger partial charge in [-0.15, -0.1) is 0 Å². The molecule has 2 rings (SSSR count). The summed E-state index contributed by atoms with van der Waals surface area (Å²) in [6, 6.07) is 7.63. The van der Waals surface area contributed by atoms with Gasteiger partial charge in [-0.05, 0) is 37.1 Å². The third-order valence-corrected chi connectivity index (χ3v) is 4.15. The molecule has 0 atom stereocenters. The zero-order valence-corrected chi connectivity index (χ0v) is 15.8. The van der Waals surface area contributed by atoms with E-state index in [9.17, 15) is 0 Å². The second-order valence-electron chi connectivity index (χ2n) is 5.79. The minimum absolute atomic E-state index is 0.0925. The van der Waals surface area contributed by atoms with Crippen molar-refractivity contribution in [1.29, 1.82) is 0 Å². The fourth-order valence-corrected chi connectivity index (χ4v) is 3.38. The molecule has 4 nitrogen and oxygen atoms in total. The number of aryl methyl sites for hydroxylation is 2. The Morgan fingerprint density at radius 3 is 1.52 bits per heavy atom. The lowest BCUT2D eigenvalue weighted by atomic mass is 9.99. The Morgan fingerprint density at radius 2 is 1.16 bits per heavy atom. The van der Waals surface area contributed by atoms with Crippen LogP contribution in [0.4, 0.5) is 0 Å². The molecular weight excluding hydrogens is 363 g/mol. The van der Waals surface area contributed by atoms with E-state index >= 15 is 0 Å². The molecule has 0 bridgehead atoms. The van der Waals surface area contributed by atoms with Crippen LogP contribution in [0, 0.1) is 13.8 Å². The lowest BCUT2D eigenvalue weighted by molar-refractivity contribution is 0.199. The van der Waals surface area contributed by atoms with Gasteiger partial charge in [-0.2, -0.15) is 0 Å². The van der Waals surface area contributed by atoms with E-state index in [1.54, 1.807) is 0 Å². The summed E-state index contributed by atoms with van der Waals surface area (Å²) < 4.78 is 11.3. The van der Waals surface area contributed by atoms with Crippen LogP contribution in [0.2, 0.25) is 10.0 Å². The van der Waals surface area contributed by atoms with E-state index in [1.807, 2.05) is 38.1 Å². The molecule has 0 unspecified atom stereocenters. The maximum Gasteiger partial charge on any atom is 0.141 e. The predicted octanol–water partition coefficient (Wildman–Crippen LogP) is 3.94. The first kappa shape index (κ1) is 19.9. The SMILES string of the molecule is Cc1cc(Cl)c(OCCO)c(Cc2cc(C)cc(Cl)c2OCCO)c1. The highest BCUT2D eigenvalue weighted by atomic mass is 35.5. The molecule has 0 amide bonds. The first-order chi connectivity index (χ1) is 12.0. The van der Waals surface area contributed by atoms with Gasteiger partial charge in [0.2, 0.25) is 0 Å². The van der Waals surface area contributed by atoms with Gasteiger partial charge < -0.3 is 19.7 Å². The van der Waals surface area contributed by atoms with Gasteiger partial charge in [-0.25, -0.2) is 0 Å². The van der Waals surface area contributed by atoms with Crippen molar-refractivity contribution in [3.63, 3.8) is 0 Å². The molecule has 0 aliphatic rings. The smallest absolute Gasteiger partial charge is 0.141 e. The Morgan fingerprint density at radius 1 is 0.760 bits per heavy atom. The molecule has 0 saturated carbocycles. The Balaban J connectivity index is 2.45. The van der Waals surface area contributed by atoms with Crippen LogP contribution in [0.15, 0.2) is 24.3 Å². The molecule has 0 spiro atoms. The van der Waals surface area contributed by atoms with Gasteiger partial charge in [0.15, 0.2) is 0 Å². The van der Waals surface area contributed by atoms with Crippen molar-refractivity contribution >= 4 is 23.2 Å². The molecule has 2 aromatic rings. The lowest BCUT2D eigenvalue weighted by Gasteiger charge is -2.17. The molecule has 0 radical (unpaired) electrons. The zero-order valence-electron chi connectivity index (χ0n) is 14.3. The minimum Gasteiger partial charge on any atom is -0.489 e. The monoisotopic (exact) mass is 384 g/mol. The van der Waals surface area contributed by atoms with E-state index in [4.69, 9.17) is 42.9 Å². The van der Waals surface area contributed by atoms with Gasteiger partial charge in [-0.3, -0.25) is 0 Å². The minimum atomic E-state index is -0.0925. The van der Waals surface area contributed by atoms with Gasteiger partial charge >= 0.3 is 0 Å². The van der Waals surface area contributed by atoms with Crippen molar-refractivity contribution in [2.45, 2.75) is 20.3 Å². The average molecular weight is 385 g/mol. The molecule has 136 valence electrons. The zero-order chi connectivity index (χ0) is 18.4. The van der Waals surface area contributed by atoms with E-state index in [0.29, 0.717) is 28.0 Å². The van der Waals surface area contributed by atoms with E-state index in [0.717, 1.165) is 22.3 Å². The molecule has 0 aromatic heterocycles. The quantitative estimate of drug-likeness (QED) is 0.723. The van der Waals surface area contributed by atoms with Crippen LogP contribution in [0.1, 0.15) is 22.3 Å². The Bertz CT molecular complexity index is 670. The summed E-state index contributed by atoms with van der Waals surface area (Å²) in [4.78, 5) is 0. The van der Waals surface area contributed by atoms with E-state index in [-0.39, 0.29) is 26.4 Å². The highest BCUT2D eigenvalue weighted by Gasteiger charge is 2.16. The molecule has 0 saturated heterocycles. The number of ether oxygens (including phenoxy) is 2. The molecule has 0 aliphatic carbocycles. The molecule has 0 aliphatic heterocycles. The second-order valence-corrected chi connectivity index (χ2v) is 6.61. The van der Waals surface area contributed by atoms with Crippen molar-refractivity contribution in [2.24, 2.45) is 0 Å². The highest BCUT2D eigenvalue weighted by Crippen LogP contribution is 2.36. The van der Waals surface area contributed by atoms with Gasteiger partial charge in [0, 0.05) is 17.5 Å². The summed E-state index contributed by atoms with van der Waals surface area (Å²) in [5.41, 5.74) is 3.78. The van der Waals surface area contributed by atoms with Crippen LogP contribution in [-0.4, -0.2) is 36.6 Å². The number of aliphatic hydroxyl groups is 2. The summed E-state index contributed by atoms with van der Waals surface area (Å²) >= 11 is 12.7. The third kappa shape index (κ3) is 5.25. The van der Waals surface area contributed by atoms with Crippen molar-refractivity contribution in [2.75, 3.05) is 26.4 Å². The predicted molar refractivity (Wildman–Crippen MR) is 100 cm³/mol. The standard InChI is InChI=1S/C19H22Cl2O4/c1-12-7-14(18(16(20)9-12)24-5-3-22)11-15-8-13(2)10-17(21)19(15)25-6-4-23/h7-10,22-23H,3-6,11H2,1-2H3. The van der Waals surface area contributed by atoms with Crippen molar-refractivity contribution in [1.82, 2.24) is 0 Å². The number of benzene rings is 2. The first-order valence-corrected chi connectivity index (χ1v) is 8.77. The number of aliphatic hydroxyl groups excluding tert-OH is 2. The van der Waals surface area contributed by atoms with Gasteiger partial charge in [0.05, 0.1) is 23.3 Å². The normalized spacial score (nSPS) is 10.8. The van der Waals surface area contributed by atoms with Crippen LogP contribution >= 0.6 is 23.2 Å². The van der Waals surface area contributed by atoms with Gasteiger partial charge in [0.25, 0.3) is 0 Å². The number of rotatable bonds is 8. The maximum absolute atomic E-state index is 9.04. The van der Waals surface area contributed by atoms with Crippen molar-refractivity contribution < 1.29 is 19.7 Å². The van der Waals surface area contributed by atoms with E-state index < -0.39 is 0 Å². The van der Waals surface area contributed by atoms with E-state index in [2.05, 4.69) is 0 Å². The Labute approximate surface area is 157 Å². The molecular formula is C19H22Cl2O4. The van der Waals surface area contributed by atoms with Crippen molar-refractivity contribution in [3.05, 3.63) is 56.6 Å². The first-order valence-electron chi connectivity index (χ1n) is 8.01. The Hall–Kier alpha value is -1.46. The van der Waals surface area contributed by atoms with Crippen LogP contribution in [-0.2, 0) is 6.42 Å². The van der Waals surface area contributed by atoms with Crippen LogP contribution in [0.25, 0.3) is 0 Å². The summed E-state index contributed by atoms with van der Waals surface area (Å²) in [5, 5.41) is 19.1. The van der Waals surface area contributed by atoms with Gasteiger partial charge in [-0.1, -0.05) is 35.3 Å². The third-order valence-electron chi connectivity index (χ3n) is 3.59. The number of hydrogen-bond donors (Lipinski definition) is 2. The largest absolute Gasteiger partial charge is 0.489 e. The molecule has 2 N–H and O–H groups in total. The molecule has 0 heterocycles. The summed E-state index contributed by atoms with van der Waals surface area (Å²) in [7, 11) is 0. The fourth-order valence-electron chi connectivity index (χ4n) is 2.69. The van der Waals surface area contributed by atoms with E-state index in [1.165, 1.54) is 0 Å². The maximum atomic E-state index is 9.04. The Kier molecular flexibility index (Phi) is 7.38. The highest BCUT2D eigenvalue weighted by molar-refractivity contribution is 6.32. The summed E-state index contributed by atoms with van der Waals surface area (Å²) in [5.74, 6) is 1.10. The molecule has 0 fully saturated rings. The number of hydrogen-bond acceptors (Lipinski definition) is 4. The fraction of sp³-hybridized carbons (Fsp3) is 0.368. The molecule has 25 heavy (non-hydrogen) atoms. The number of halogens is 2. The van der Waals surface area contributed by atoms with Crippen LogP contribution in [0.3, 0.4) is 0 Å². The van der Waals surface area contributed by atoms with Crippen LogP contribution < -0.4 is 9.47 Å². The molecule has 2 aromatic carbocycles. The van der Waals surface area contributed by atoms with Crippen molar-refractivity contribution in [3.8, 4) is 11.5 Å². The lowest BCUT2D eigenvalue weighted by Crippen LogP contribution is -2.07. The molecule has 6 heteroatoms. The average Bonchev–Trinajstić information content (AvgIpc) is 2.53. The summed E-state index contributed by atoms with van der Waals surface area (Å²) in [6.45, 7) is 4.06. The topological polar surface area (TPSA) is 58.9 Å². The van der Waals surface area contributed by atoms with Crippen LogP contribution in [0.5, 0.6) is 11.5 Å².